The van der Waals surface area contributed by atoms with Gasteiger partial charge in [0, 0.05) is 37.2 Å². The molecular weight excluding hydrogens is 316 g/mol. The number of carbonyl (C=O) groups excluding carboxylic acids is 1. The monoisotopic (exact) mass is 342 g/mol. The largest absolute Gasteiger partial charge is 0.484 e. The smallest absolute Gasteiger partial charge is 0.260 e. The Balaban J connectivity index is 1.90. The Morgan fingerprint density at radius 2 is 1.92 bits per heavy atom. The molecule has 0 N–H and O–H groups in total. The van der Waals surface area contributed by atoms with Crippen molar-refractivity contribution < 1.29 is 9.53 Å². The van der Waals surface area contributed by atoms with Crippen molar-refractivity contribution in [1.29, 1.82) is 0 Å². The van der Waals surface area contributed by atoms with Crippen LogP contribution in [0, 0.1) is 0 Å². The SMILES string of the molecule is CCn1c(=O)cc(C(C)C)c2ccc(OCC(=O)N3CCCC3)cc21. The summed E-state index contributed by atoms with van der Waals surface area (Å²) in [6, 6.07) is 7.49. The predicted octanol–water partition coefficient (Wildman–Crippen LogP) is 3.15. The third-order valence-electron chi connectivity index (χ3n) is 4.88. The Bertz CT molecular complexity index is 833. The van der Waals surface area contributed by atoms with Crippen LogP contribution in [-0.2, 0) is 11.3 Å². The summed E-state index contributed by atoms with van der Waals surface area (Å²) < 4.78 is 7.47. The van der Waals surface area contributed by atoms with Crippen LogP contribution in [0.15, 0.2) is 29.1 Å². The second kappa shape index (κ2) is 7.30. The molecule has 0 bridgehead atoms. The van der Waals surface area contributed by atoms with E-state index in [2.05, 4.69) is 13.8 Å². The van der Waals surface area contributed by atoms with Crippen LogP contribution in [-0.4, -0.2) is 35.1 Å². The van der Waals surface area contributed by atoms with Crippen molar-refractivity contribution in [2.75, 3.05) is 19.7 Å². The Morgan fingerprint density at radius 3 is 2.56 bits per heavy atom. The van der Waals surface area contributed by atoms with Gasteiger partial charge in [-0.3, -0.25) is 9.59 Å². The van der Waals surface area contributed by atoms with E-state index in [1.54, 1.807) is 10.6 Å². The maximum Gasteiger partial charge on any atom is 0.260 e. The molecule has 0 unspecified atom stereocenters. The number of carbonyl (C=O) groups is 1. The molecule has 0 aliphatic carbocycles. The molecule has 1 aliphatic heterocycles. The number of hydrogen-bond donors (Lipinski definition) is 0. The molecule has 5 nitrogen and oxygen atoms in total. The van der Waals surface area contributed by atoms with Gasteiger partial charge >= 0.3 is 0 Å². The van der Waals surface area contributed by atoms with E-state index in [1.807, 2.05) is 30.0 Å². The summed E-state index contributed by atoms with van der Waals surface area (Å²) >= 11 is 0. The minimum absolute atomic E-state index is 0.00370. The molecule has 1 fully saturated rings. The maximum atomic E-state index is 12.4. The third kappa shape index (κ3) is 3.55. The highest BCUT2D eigenvalue weighted by Crippen LogP contribution is 2.27. The molecule has 0 radical (unpaired) electrons. The average Bonchev–Trinajstić information content (AvgIpc) is 3.13. The number of rotatable bonds is 5. The number of benzene rings is 1. The van der Waals surface area contributed by atoms with Gasteiger partial charge in [0.2, 0.25) is 0 Å². The lowest BCUT2D eigenvalue weighted by Crippen LogP contribution is -2.32. The molecule has 1 aromatic carbocycles. The minimum Gasteiger partial charge on any atom is -0.484 e. The first-order valence-electron chi connectivity index (χ1n) is 9.09. The molecule has 5 heteroatoms. The molecule has 0 saturated carbocycles. The maximum absolute atomic E-state index is 12.4. The fourth-order valence-electron chi connectivity index (χ4n) is 3.48. The number of fused-ring (bicyclic) bond motifs is 1. The Hall–Kier alpha value is -2.30. The van der Waals surface area contributed by atoms with Crippen molar-refractivity contribution in [1.82, 2.24) is 9.47 Å². The lowest BCUT2D eigenvalue weighted by Gasteiger charge is -2.17. The van der Waals surface area contributed by atoms with Crippen LogP contribution in [0.2, 0.25) is 0 Å². The van der Waals surface area contributed by atoms with E-state index < -0.39 is 0 Å². The van der Waals surface area contributed by atoms with Crippen molar-refractivity contribution in [3.63, 3.8) is 0 Å². The lowest BCUT2D eigenvalue weighted by atomic mass is 9.98. The summed E-state index contributed by atoms with van der Waals surface area (Å²) in [5.74, 6) is 0.925. The van der Waals surface area contributed by atoms with E-state index in [0.717, 1.165) is 42.4 Å². The molecule has 2 heterocycles. The molecule has 2 aromatic rings. The van der Waals surface area contributed by atoms with E-state index in [1.165, 1.54) is 0 Å². The Labute approximate surface area is 148 Å². The summed E-state index contributed by atoms with van der Waals surface area (Å²) in [5.41, 5.74) is 1.92. The molecule has 134 valence electrons. The van der Waals surface area contributed by atoms with E-state index in [4.69, 9.17) is 4.74 Å². The zero-order valence-corrected chi connectivity index (χ0v) is 15.2. The van der Waals surface area contributed by atoms with Gasteiger partial charge in [-0.15, -0.1) is 0 Å². The molecule has 0 atom stereocenters. The topological polar surface area (TPSA) is 51.5 Å². The summed E-state index contributed by atoms with van der Waals surface area (Å²) in [6.07, 6.45) is 2.14. The van der Waals surface area contributed by atoms with Crippen LogP contribution in [0.4, 0.5) is 0 Å². The number of nitrogens with zero attached hydrogens (tertiary/aromatic N) is 2. The molecule has 25 heavy (non-hydrogen) atoms. The summed E-state index contributed by atoms with van der Waals surface area (Å²) in [5, 5.41) is 1.06. The summed E-state index contributed by atoms with van der Waals surface area (Å²) in [6.45, 7) is 8.43. The second-order valence-corrected chi connectivity index (χ2v) is 6.89. The van der Waals surface area contributed by atoms with Crippen LogP contribution in [0.5, 0.6) is 5.75 Å². The molecule has 1 amide bonds. The van der Waals surface area contributed by atoms with Crippen molar-refractivity contribution in [3.8, 4) is 5.75 Å². The van der Waals surface area contributed by atoms with Crippen LogP contribution in [0.1, 0.15) is 45.1 Å². The highest BCUT2D eigenvalue weighted by Gasteiger charge is 2.18. The third-order valence-corrected chi connectivity index (χ3v) is 4.88. The van der Waals surface area contributed by atoms with Crippen LogP contribution in [0.3, 0.4) is 0 Å². The normalized spacial score (nSPS) is 14.5. The molecule has 1 saturated heterocycles. The molecule has 0 spiro atoms. The lowest BCUT2D eigenvalue weighted by molar-refractivity contribution is -0.132. The van der Waals surface area contributed by atoms with E-state index in [0.29, 0.717) is 12.3 Å². The molecule has 1 aliphatic rings. The molecule has 1 aromatic heterocycles. The van der Waals surface area contributed by atoms with Crippen molar-refractivity contribution >= 4 is 16.8 Å². The summed E-state index contributed by atoms with van der Waals surface area (Å²) in [4.78, 5) is 26.4. The minimum atomic E-state index is 0.00370. The first-order valence-corrected chi connectivity index (χ1v) is 9.09. The van der Waals surface area contributed by atoms with Gasteiger partial charge < -0.3 is 14.2 Å². The second-order valence-electron chi connectivity index (χ2n) is 6.89. The van der Waals surface area contributed by atoms with Gasteiger partial charge in [0.25, 0.3) is 11.5 Å². The van der Waals surface area contributed by atoms with Crippen LogP contribution >= 0.6 is 0 Å². The fraction of sp³-hybridized carbons (Fsp3) is 0.500. The van der Waals surface area contributed by atoms with E-state index in [9.17, 15) is 9.59 Å². The van der Waals surface area contributed by atoms with Crippen LogP contribution in [0.25, 0.3) is 10.9 Å². The van der Waals surface area contributed by atoms with Gasteiger partial charge in [-0.05, 0) is 43.4 Å². The highest BCUT2D eigenvalue weighted by molar-refractivity contribution is 5.84. The zero-order valence-electron chi connectivity index (χ0n) is 15.2. The zero-order chi connectivity index (χ0) is 18.0. The number of hydrogen-bond acceptors (Lipinski definition) is 3. The van der Waals surface area contributed by atoms with Crippen LogP contribution < -0.4 is 10.3 Å². The molecule has 3 rings (SSSR count). The number of amides is 1. The number of likely N-dealkylation sites (tertiary alicyclic amines) is 1. The van der Waals surface area contributed by atoms with Gasteiger partial charge in [-0.25, -0.2) is 0 Å². The first-order chi connectivity index (χ1) is 12.0. The van der Waals surface area contributed by atoms with E-state index in [-0.39, 0.29) is 24.0 Å². The van der Waals surface area contributed by atoms with Crippen molar-refractivity contribution in [2.24, 2.45) is 0 Å². The van der Waals surface area contributed by atoms with E-state index >= 15 is 0 Å². The quantitative estimate of drug-likeness (QED) is 0.839. The van der Waals surface area contributed by atoms with Gasteiger partial charge in [0.05, 0.1) is 5.52 Å². The van der Waals surface area contributed by atoms with Gasteiger partial charge in [-0.1, -0.05) is 13.8 Å². The Kier molecular flexibility index (Phi) is 5.11. The average molecular weight is 342 g/mol. The number of aromatic nitrogens is 1. The number of pyridine rings is 1. The predicted molar refractivity (Wildman–Crippen MR) is 99.3 cm³/mol. The number of ether oxygens (including phenoxy) is 1. The van der Waals surface area contributed by atoms with Gasteiger partial charge in [0.15, 0.2) is 6.61 Å². The number of aryl methyl sites for hydroxylation is 1. The molecular formula is C20H26N2O3. The van der Waals surface area contributed by atoms with Crippen molar-refractivity contribution in [3.05, 3.63) is 40.2 Å². The standard InChI is InChI=1S/C20H26N2O3/c1-4-22-18-11-15(25-13-20(24)21-9-5-6-10-21)7-8-16(18)17(14(2)3)12-19(22)23/h7-8,11-12,14H,4-6,9-10,13H2,1-3H3. The van der Waals surface area contributed by atoms with Gasteiger partial charge in [-0.2, -0.15) is 0 Å². The van der Waals surface area contributed by atoms with Crippen molar-refractivity contribution in [2.45, 2.75) is 46.1 Å². The first kappa shape index (κ1) is 17.5. The Morgan fingerprint density at radius 1 is 1.20 bits per heavy atom. The summed E-state index contributed by atoms with van der Waals surface area (Å²) in [7, 11) is 0. The van der Waals surface area contributed by atoms with Gasteiger partial charge in [0.1, 0.15) is 5.75 Å². The fourth-order valence-corrected chi connectivity index (χ4v) is 3.48. The highest BCUT2D eigenvalue weighted by atomic mass is 16.5.